The van der Waals surface area contributed by atoms with E-state index in [2.05, 4.69) is 10.6 Å². The first-order valence-corrected chi connectivity index (χ1v) is 7.59. The molecule has 0 unspecified atom stereocenters. The Hall–Kier alpha value is -3.22. The van der Waals surface area contributed by atoms with Gasteiger partial charge in [-0.3, -0.25) is 4.79 Å². The largest absolute Gasteiger partial charge is 0.497 e. The number of nitrogens with zero attached hydrogens (tertiary/aromatic N) is 1. The number of rotatable bonds is 5. The summed E-state index contributed by atoms with van der Waals surface area (Å²) in [7, 11) is 4.76. The Morgan fingerprint density at radius 1 is 0.960 bits per heavy atom. The molecule has 3 amide bonds. The van der Waals surface area contributed by atoms with Crippen molar-refractivity contribution in [3.63, 3.8) is 0 Å². The minimum atomic E-state index is -0.417. The normalized spacial score (nSPS) is 9.92. The first-order chi connectivity index (χ1) is 11.9. The SMILES string of the molecule is COc1ccc(OC)c(NC(=O)Nc2ccc(N(C)C(C)=O)cc2)c1. The standard InChI is InChI=1S/C18H21N3O4/c1-12(22)21(2)14-7-5-13(6-8-14)19-18(23)20-16-11-15(24-3)9-10-17(16)25-4/h5-11H,1-4H3,(H2,19,20,23). The van der Waals surface area contributed by atoms with E-state index in [1.165, 1.54) is 18.9 Å². The first-order valence-electron chi connectivity index (χ1n) is 7.59. The van der Waals surface area contributed by atoms with Crippen molar-refractivity contribution in [2.24, 2.45) is 0 Å². The molecular weight excluding hydrogens is 322 g/mol. The van der Waals surface area contributed by atoms with Gasteiger partial charge in [0, 0.05) is 31.4 Å². The van der Waals surface area contributed by atoms with Gasteiger partial charge in [-0.15, -0.1) is 0 Å². The predicted molar refractivity (Wildman–Crippen MR) is 97.7 cm³/mol. The lowest BCUT2D eigenvalue weighted by atomic mass is 10.2. The van der Waals surface area contributed by atoms with Gasteiger partial charge in [-0.2, -0.15) is 0 Å². The van der Waals surface area contributed by atoms with Gasteiger partial charge in [0.2, 0.25) is 5.91 Å². The number of methoxy groups -OCH3 is 2. The number of benzene rings is 2. The number of hydrogen-bond donors (Lipinski definition) is 2. The van der Waals surface area contributed by atoms with Crippen LogP contribution in [0.2, 0.25) is 0 Å². The van der Waals surface area contributed by atoms with E-state index < -0.39 is 6.03 Å². The lowest BCUT2D eigenvalue weighted by Gasteiger charge is -2.16. The summed E-state index contributed by atoms with van der Waals surface area (Å²) in [5.74, 6) is 1.06. The highest BCUT2D eigenvalue weighted by atomic mass is 16.5. The van der Waals surface area contributed by atoms with Crippen molar-refractivity contribution in [1.82, 2.24) is 0 Å². The molecule has 0 aliphatic carbocycles. The molecule has 0 fully saturated rings. The van der Waals surface area contributed by atoms with E-state index in [1.807, 2.05) is 0 Å². The summed E-state index contributed by atoms with van der Waals surface area (Å²) in [4.78, 5) is 25.1. The van der Waals surface area contributed by atoms with Crippen LogP contribution in [0.3, 0.4) is 0 Å². The summed E-state index contributed by atoms with van der Waals surface area (Å²) in [6.45, 7) is 1.49. The third kappa shape index (κ3) is 4.63. The van der Waals surface area contributed by atoms with Gasteiger partial charge >= 0.3 is 6.03 Å². The molecule has 0 heterocycles. The number of hydrogen-bond acceptors (Lipinski definition) is 4. The maximum Gasteiger partial charge on any atom is 0.323 e. The smallest absolute Gasteiger partial charge is 0.323 e. The molecule has 2 aromatic rings. The van der Waals surface area contributed by atoms with Crippen molar-refractivity contribution < 1.29 is 19.1 Å². The van der Waals surface area contributed by atoms with E-state index in [-0.39, 0.29) is 5.91 Å². The quantitative estimate of drug-likeness (QED) is 0.873. The van der Waals surface area contributed by atoms with E-state index >= 15 is 0 Å². The van der Waals surface area contributed by atoms with Crippen molar-refractivity contribution in [2.75, 3.05) is 36.8 Å². The van der Waals surface area contributed by atoms with Gasteiger partial charge in [-0.1, -0.05) is 0 Å². The molecule has 0 spiro atoms. The van der Waals surface area contributed by atoms with Crippen LogP contribution in [0.5, 0.6) is 11.5 Å². The Morgan fingerprint density at radius 2 is 1.64 bits per heavy atom. The number of urea groups is 1. The van der Waals surface area contributed by atoms with E-state index in [4.69, 9.17) is 9.47 Å². The number of carbonyl (C=O) groups is 2. The second kappa shape index (κ2) is 8.05. The van der Waals surface area contributed by atoms with Crippen LogP contribution in [-0.4, -0.2) is 33.2 Å². The van der Waals surface area contributed by atoms with Crippen LogP contribution in [0.1, 0.15) is 6.92 Å². The predicted octanol–water partition coefficient (Wildman–Crippen LogP) is 3.33. The molecule has 7 heteroatoms. The summed E-state index contributed by atoms with van der Waals surface area (Å²) in [5.41, 5.74) is 1.83. The summed E-state index contributed by atoms with van der Waals surface area (Å²) in [6.07, 6.45) is 0. The molecular formula is C18H21N3O4. The highest BCUT2D eigenvalue weighted by Gasteiger charge is 2.10. The monoisotopic (exact) mass is 343 g/mol. The number of anilines is 3. The van der Waals surface area contributed by atoms with Gasteiger partial charge < -0.3 is 25.0 Å². The minimum absolute atomic E-state index is 0.0661. The Balaban J connectivity index is 2.06. The van der Waals surface area contributed by atoms with Crippen molar-refractivity contribution >= 4 is 29.0 Å². The molecule has 0 saturated carbocycles. The highest BCUT2D eigenvalue weighted by Crippen LogP contribution is 2.29. The van der Waals surface area contributed by atoms with Crippen LogP contribution in [0.4, 0.5) is 21.9 Å². The van der Waals surface area contributed by atoms with Crippen LogP contribution < -0.4 is 25.0 Å². The third-order valence-electron chi connectivity index (χ3n) is 3.64. The fourth-order valence-corrected chi connectivity index (χ4v) is 2.15. The summed E-state index contributed by atoms with van der Waals surface area (Å²) in [6, 6.07) is 11.6. The molecule has 0 aliphatic rings. The second-order valence-corrected chi connectivity index (χ2v) is 5.27. The molecule has 0 aliphatic heterocycles. The summed E-state index contributed by atoms with van der Waals surface area (Å²) >= 11 is 0. The van der Waals surface area contributed by atoms with Crippen LogP contribution in [0.25, 0.3) is 0 Å². The highest BCUT2D eigenvalue weighted by molar-refractivity contribution is 6.01. The lowest BCUT2D eigenvalue weighted by molar-refractivity contribution is -0.116. The fourth-order valence-electron chi connectivity index (χ4n) is 2.15. The van der Waals surface area contributed by atoms with Gasteiger partial charge in [0.15, 0.2) is 0 Å². The molecule has 7 nitrogen and oxygen atoms in total. The fraction of sp³-hybridized carbons (Fsp3) is 0.222. The zero-order chi connectivity index (χ0) is 18.4. The summed E-state index contributed by atoms with van der Waals surface area (Å²) in [5, 5.41) is 5.45. The number of nitrogens with one attached hydrogen (secondary N) is 2. The maximum absolute atomic E-state index is 12.2. The molecule has 132 valence electrons. The van der Waals surface area contributed by atoms with Gasteiger partial charge in [0.25, 0.3) is 0 Å². The average Bonchev–Trinajstić information content (AvgIpc) is 2.61. The van der Waals surface area contributed by atoms with Crippen molar-refractivity contribution in [3.8, 4) is 11.5 Å². The Bertz CT molecular complexity index is 759. The van der Waals surface area contributed by atoms with Crippen molar-refractivity contribution in [3.05, 3.63) is 42.5 Å². The van der Waals surface area contributed by atoms with E-state index in [0.29, 0.717) is 22.9 Å². The molecule has 2 N–H and O–H groups in total. The summed E-state index contributed by atoms with van der Waals surface area (Å²) < 4.78 is 10.4. The maximum atomic E-state index is 12.2. The third-order valence-corrected chi connectivity index (χ3v) is 3.64. The molecule has 2 rings (SSSR count). The number of amides is 3. The van der Waals surface area contributed by atoms with Crippen LogP contribution in [0, 0.1) is 0 Å². The van der Waals surface area contributed by atoms with Crippen molar-refractivity contribution in [1.29, 1.82) is 0 Å². The Labute approximate surface area is 146 Å². The van der Waals surface area contributed by atoms with Gasteiger partial charge in [-0.05, 0) is 36.4 Å². The van der Waals surface area contributed by atoms with Crippen LogP contribution in [-0.2, 0) is 4.79 Å². The lowest BCUT2D eigenvalue weighted by Crippen LogP contribution is -2.23. The molecule has 0 aromatic heterocycles. The van der Waals surface area contributed by atoms with Crippen LogP contribution >= 0.6 is 0 Å². The zero-order valence-electron chi connectivity index (χ0n) is 14.6. The first kappa shape index (κ1) is 18.1. The number of carbonyl (C=O) groups excluding carboxylic acids is 2. The topological polar surface area (TPSA) is 79.9 Å². The zero-order valence-corrected chi connectivity index (χ0v) is 14.6. The van der Waals surface area contributed by atoms with Gasteiger partial charge in [0.1, 0.15) is 11.5 Å². The molecule has 0 atom stereocenters. The minimum Gasteiger partial charge on any atom is -0.497 e. The molecule has 0 radical (unpaired) electrons. The number of ether oxygens (including phenoxy) is 2. The average molecular weight is 343 g/mol. The van der Waals surface area contributed by atoms with Crippen molar-refractivity contribution in [2.45, 2.75) is 6.92 Å². The Morgan fingerprint density at radius 3 is 2.20 bits per heavy atom. The second-order valence-electron chi connectivity index (χ2n) is 5.27. The molecule has 0 bridgehead atoms. The Kier molecular flexibility index (Phi) is 5.84. The molecule has 25 heavy (non-hydrogen) atoms. The molecule has 2 aromatic carbocycles. The van der Waals surface area contributed by atoms with E-state index in [0.717, 1.165) is 5.69 Å². The molecule has 0 saturated heterocycles. The van der Waals surface area contributed by atoms with E-state index in [1.54, 1.807) is 56.6 Å². The van der Waals surface area contributed by atoms with Gasteiger partial charge in [-0.25, -0.2) is 4.79 Å². The van der Waals surface area contributed by atoms with E-state index in [9.17, 15) is 9.59 Å². The van der Waals surface area contributed by atoms with Crippen LogP contribution in [0.15, 0.2) is 42.5 Å². The van der Waals surface area contributed by atoms with Gasteiger partial charge in [0.05, 0.1) is 19.9 Å².